The van der Waals surface area contributed by atoms with Gasteiger partial charge in [-0.05, 0) is 24.3 Å². The molecule has 1 aromatic carbocycles. The lowest BCUT2D eigenvalue weighted by molar-refractivity contribution is -0.135. The summed E-state index contributed by atoms with van der Waals surface area (Å²) in [6, 6.07) is 7.31. The summed E-state index contributed by atoms with van der Waals surface area (Å²) in [5.74, 6) is -2.14. The molecule has 0 aromatic heterocycles. The van der Waals surface area contributed by atoms with E-state index in [0.29, 0.717) is 5.69 Å². The van der Waals surface area contributed by atoms with Crippen molar-refractivity contribution in [2.45, 2.75) is 0 Å². The Balaban J connectivity index is 2.48. The van der Waals surface area contributed by atoms with E-state index in [4.69, 9.17) is 10.4 Å². The van der Waals surface area contributed by atoms with Crippen LogP contribution in [0.3, 0.4) is 0 Å². The highest BCUT2D eigenvalue weighted by molar-refractivity contribution is 8.04. The first kappa shape index (κ1) is 15.6. The van der Waals surface area contributed by atoms with Crippen molar-refractivity contribution in [3.8, 4) is 6.07 Å². The number of thioether (sulfide) groups is 1. The van der Waals surface area contributed by atoms with Crippen LogP contribution in [-0.4, -0.2) is 35.8 Å². The van der Waals surface area contributed by atoms with Crippen LogP contribution in [0.25, 0.3) is 0 Å². The Bertz CT molecular complexity index is 718. The topological polar surface area (TPSA) is 108 Å². The van der Waals surface area contributed by atoms with E-state index in [1.807, 2.05) is 0 Å². The highest BCUT2D eigenvalue weighted by Crippen LogP contribution is 2.36. The number of hydrogen-bond donors (Lipinski definition) is 1. The van der Waals surface area contributed by atoms with Crippen LogP contribution in [0.2, 0.25) is 0 Å². The molecular formula is C14H10N2O5S. The normalized spacial score (nSPS) is 16.2. The van der Waals surface area contributed by atoms with Crippen LogP contribution in [0.15, 0.2) is 34.9 Å². The summed E-state index contributed by atoms with van der Waals surface area (Å²) in [6.07, 6.45) is 0. The highest BCUT2D eigenvalue weighted by atomic mass is 32.2. The largest absolute Gasteiger partial charge is 0.478 e. The smallest absolute Gasteiger partial charge is 0.351 e. The van der Waals surface area contributed by atoms with E-state index < -0.39 is 11.9 Å². The highest BCUT2D eigenvalue weighted by Gasteiger charge is 2.33. The van der Waals surface area contributed by atoms with E-state index in [2.05, 4.69) is 4.74 Å². The second kappa shape index (κ2) is 6.32. The molecule has 7 nitrogen and oxygen atoms in total. The molecule has 1 heterocycles. The number of nitrogens with zero attached hydrogens (tertiary/aromatic N) is 2. The molecule has 22 heavy (non-hydrogen) atoms. The number of benzene rings is 1. The minimum Gasteiger partial charge on any atom is -0.478 e. The molecule has 0 saturated carbocycles. The number of carbonyl (C=O) groups excluding carboxylic acids is 2. The minimum absolute atomic E-state index is 0.0713. The quantitative estimate of drug-likeness (QED) is 0.509. The number of amides is 1. The molecule has 1 aromatic rings. The lowest BCUT2D eigenvalue weighted by Crippen LogP contribution is -2.25. The van der Waals surface area contributed by atoms with Gasteiger partial charge in [-0.3, -0.25) is 9.69 Å². The zero-order valence-electron chi connectivity index (χ0n) is 11.4. The van der Waals surface area contributed by atoms with E-state index in [0.717, 1.165) is 18.9 Å². The van der Waals surface area contributed by atoms with Gasteiger partial charge in [-0.15, -0.1) is 0 Å². The molecule has 1 fully saturated rings. The van der Waals surface area contributed by atoms with E-state index in [-0.39, 0.29) is 27.8 Å². The number of aromatic carboxylic acids is 1. The Kier molecular flexibility index (Phi) is 4.48. The van der Waals surface area contributed by atoms with E-state index in [1.165, 1.54) is 29.2 Å². The zero-order valence-corrected chi connectivity index (χ0v) is 12.2. The van der Waals surface area contributed by atoms with Gasteiger partial charge < -0.3 is 9.84 Å². The molecule has 1 aliphatic rings. The second-order valence-electron chi connectivity index (χ2n) is 4.15. The van der Waals surface area contributed by atoms with Crippen LogP contribution in [0.4, 0.5) is 5.69 Å². The van der Waals surface area contributed by atoms with Gasteiger partial charge in [0.05, 0.1) is 18.4 Å². The molecule has 112 valence electrons. The van der Waals surface area contributed by atoms with Gasteiger partial charge in [0.25, 0.3) is 0 Å². The third kappa shape index (κ3) is 2.80. The number of anilines is 1. The summed E-state index contributed by atoms with van der Waals surface area (Å²) in [5, 5.41) is 18.2. The van der Waals surface area contributed by atoms with Crippen molar-refractivity contribution >= 4 is 35.3 Å². The average molecular weight is 318 g/mol. The van der Waals surface area contributed by atoms with Crippen LogP contribution >= 0.6 is 11.8 Å². The van der Waals surface area contributed by atoms with E-state index >= 15 is 0 Å². The fourth-order valence-corrected chi connectivity index (χ4v) is 2.85. The minimum atomic E-state index is -1.09. The number of carboxylic acid groups (broad SMARTS) is 1. The first-order valence-corrected chi connectivity index (χ1v) is 7.00. The number of ether oxygens (including phenoxy) is 1. The first-order chi connectivity index (χ1) is 10.5. The molecular weight excluding hydrogens is 308 g/mol. The molecule has 1 amide bonds. The van der Waals surface area contributed by atoms with Gasteiger partial charge in [0.15, 0.2) is 5.57 Å². The Morgan fingerprint density at radius 1 is 1.36 bits per heavy atom. The summed E-state index contributed by atoms with van der Waals surface area (Å²) < 4.78 is 4.54. The molecule has 1 N–H and O–H groups in total. The van der Waals surface area contributed by atoms with Crippen molar-refractivity contribution < 1.29 is 24.2 Å². The van der Waals surface area contributed by atoms with Gasteiger partial charge >= 0.3 is 11.9 Å². The van der Waals surface area contributed by atoms with Crippen molar-refractivity contribution in [1.82, 2.24) is 0 Å². The number of esters is 1. The second-order valence-corrected chi connectivity index (χ2v) is 5.12. The van der Waals surface area contributed by atoms with Crippen molar-refractivity contribution in [3.63, 3.8) is 0 Å². The van der Waals surface area contributed by atoms with Crippen LogP contribution in [-0.2, 0) is 14.3 Å². The third-order valence-electron chi connectivity index (χ3n) is 2.87. The van der Waals surface area contributed by atoms with Gasteiger partial charge in [0.1, 0.15) is 11.1 Å². The zero-order chi connectivity index (χ0) is 16.3. The summed E-state index contributed by atoms with van der Waals surface area (Å²) in [6.45, 7) is 0. The molecule has 1 aliphatic heterocycles. The predicted molar refractivity (Wildman–Crippen MR) is 78.0 cm³/mol. The predicted octanol–water partition coefficient (Wildman–Crippen LogP) is 1.37. The Labute approximate surface area is 129 Å². The van der Waals surface area contributed by atoms with Crippen LogP contribution in [0, 0.1) is 11.3 Å². The van der Waals surface area contributed by atoms with E-state index in [1.54, 1.807) is 6.07 Å². The number of nitriles is 1. The van der Waals surface area contributed by atoms with Crippen molar-refractivity contribution in [3.05, 3.63) is 40.4 Å². The fourth-order valence-electron chi connectivity index (χ4n) is 1.85. The maximum atomic E-state index is 12.0. The van der Waals surface area contributed by atoms with E-state index in [9.17, 15) is 14.4 Å². The Hall–Kier alpha value is -2.79. The molecule has 0 atom stereocenters. The SMILES string of the molecule is COC(=O)/C(C#N)=C1\SCC(=O)N1c1ccc(C(=O)O)cc1. The number of hydrogen-bond acceptors (Lipinski definition) is 6. The fraction of sp³-hybridized carbons (Fsp3) is 0.143. The number of carbonyl (C=O) groups is 3. The standard InChI is InChI=1S/C14H10N2O5S/c1-21-14(20)10(6-15)12-16(11(17)7-22-12)9-4-2-8(3-5-9)13(18)19/h2-5H,7H2,1H3,(H,18,19)/b12-10-. The molecule has 0 aliphatic carbocycles. The third-order valence-corrected chi connectivity index (χ3v) is 3.92. The number of carboxylic acids is 1. The van der Waals surface area contributed by atoms with Crippen molar-refractivity contribution in [2.75, 3.05) is 17.8 Å². The average Bonchev–Trinajstić information content (AvgIpc) is 2.89. The first-order valence-electron chi connectivity index (χ1n) is 6.01. The molecule has 0 bridgehead atoms. The maximum absolute atomic E-state index is 12.0. The van der Waals surface area contributed by atoms with Crippen LogP contribution < -0.4 is 4.90 Å². The Morgan fingerprint density at radius 3 is 2.50 bits per heavy atom. The summed E-state index contributed by atoms with van der Waals surface area (Å²) in [7, 11) is 1.15. The molecule has 0 radical (unpaired) electrons. The monoisotopic (exact) mass is 318 g/mol. The Morgan fingerprint density at radius 2 is 2.00 bits per heavy atom. The molecule has 0 unspecified atom stereocenters. The summed E-state index contributed by atoms with van der Waals surface area (Å²) >= 11 is 1.06. The lowest BCUT2D eigenvalue weighted by atomic mass is 10.2. The summed E-state index contributed by atoms with van der Waals surface area (Å²) in [4.78, 5) is 35.7. The molecule has 0 spiro atoms. The maximum Gasteiger partial charge on any atom is 0.351 e. The summed E-state index contributed by atoms with van der Waals surface area (Å²) in [5.41, 5.74) is 0.189. The van der Waals surface area contributed by atoms with Crippen LogP contribution in [0.1, 0.15) is 10.4 Å². The molecule has 1 saturated heterocycles. The van der Waals surface area contributed by atoms with Crippen LogP contribution in [0.5, 0.6) is 0 Å². The van der Waals surface area contributed by atoms with Gasteiger partial charge in [0, 0.05) is 5.69 Å². The number of rotatable bonds is 3. The lowest BCUT2D eigenvalue weighted by Gasteiger charge is -2.18. The van der Waals surface area contributed by atoms with Gasteiger partial charge in [-0.25, -0.2) is 9.59 Å². The van der Waals surface area contributed by atoms with Gasteiger partial charge in [-0.2, -0.15) is 5.26 Å². The van der Waals surface area contributed by atoms with Crippen molar-refractivity contribution in [2.24, 2.45) is 0 Å². The van der Waals surface area contributed by atoms with Gasteiger partial charge in [0.2, 0.25) is 5.91 Å². The molecule has 8 heteroatoms. The van der Waals surface area contributed by atoms with Crippen molar-refractivity contribution in [1.29, 1.82) is 5.26 Å². The van der Waals surface area contributed by atoms with Gasteiger partial charge in [-0.1, -0.05) is 11.8 Å². The number of methoxy groups -OCH3 is 1. The molecule has 2 rings (SSSR count).